The minimum Gasteiger partial charge on any atom is -0.494 e. The van der Waals surface area contributed by atoms with Gasteiger partial charge in [-0.3, -0.25) is 4.79 Å². The van der Waals surface area contributed by atoms with E-state index in [2.05, 4.69) is 5.32 Å². The zero-order valence-electron chi connectivity index (χ0n) is 9.29. The number of nitrogens with one attached hydrogen (secondary N) is 1. The van der Waals surface area contributed by atoms with E-state index in [4.69, 9.17) is 10.5 Å². The van der Waals surface area contributed by atoms with Crippen LogP contribution in [0.1, 0.15) is 17.3 Å². The molecule has 1 rings (SSSR count). The number of halogens is 1. The number of ether oxygens (including phenoxy) is 1. The van der Waals surface area contributed by atoms with Gasteiger partial charge in [0.15, 0.2) is 11.6 Å². The highest BCUT2D eigenvalue weighted by Crippen LogP contribution is 2.17. The minimum absolute atomic E-state index is 0.115. The Morgan fingerprint density at radius 2 is 2.31 bits per heavy atom. The summed E-state index contributed by atoms with van der Waals surface area (Å²) in [5, 5.41) is 2.59. The molecule has 0 aromatic heterocycles. The fourth-order valence-electron chi connectivity index (χ4n) is 1.16. The monoisotopic (exact) mass is 226 g/mol. The van der Waals surface area contributed by atoms with Crippen LogP contribution in [0.5, 0.6) is 5.75 Å². The van der Waals surface area contributed by atoms with Gasteiger partial charge in [-0.15, -0.1) is 0 Å². The molecule has 0 spiro atoms. The van der Waals surface area contributed by atoms with Gasteiger partial charge in [0.2, 0.25) is 0 Å². The van der Waals surface area contributed by atoms with Crippen molar-refractivity contribution in [2.75, 3.05) is 13.7 Å². The lowest BCUT2D eigenvalue weighted by Crippen LogP contribution is -2.35. The van der Waals surface area contributed by atoms with Gasteiger partial charge in [-0.2, -0.15) is 0 Å². The molecule has 0 saturated heterocycles. The molecule has 4 nitrogen and oxygen atoms in total. The largest absolute Gasteiger partial charge is 0.494 e. The van der Waals surface area contributed by atoms with Crippen LogP contribution in [0, 0.1) is 5.82 Å². The van der Waals surface area contributed by atoms with Gasteiger partial charge in [-0.1, -0.05) is 0 Å². The molecule has 1 unspecified atom stereocenters. The zero-order valence-corrected chi connectivity index (χ0v) is 9.29. The number of amides is 1. The van der Waals surface area contributed by atoms with E-state index in [0.29, 0.717) is 6.54 Å². The van der Waals surface area contributed by atoms with E-state index in [-0.39, 0.29) is 23.3 Å². The SMILES string of the molecule is COc1ccc(C(=O)NCC(C)N)cc1F. The normalized spacial score (nSPS) is 12.0. The second-order valence-electron chi connectivity index (χ2n) is 3.54. The molecule has 1 aromatic carbocycles. The van der Waals surface area contributed by atoms with Crippen molar-refractivity contribution in [3.05, 3.63) is 29.6 Å². The molecule has 1 amide bonds. The van der Waals surface area contributed by atoms with E-state index < -0.39 is 5.82 Å². The Hall–Kier alpha value is -1.62. The summed E-state index contributed by atoms with van der Waals surface area (Å²) >= 11 is 0. The van der Waals surface area contributed by atoms with Crippen molar-refractivity contribution in [2.45, 2.75) is 13.0 Å². The van der Waals surface area contributed by atoms with E-state index >= 15 is 0 Å². The van der Waals surface area contributed by atoms with Gasteiger partial charge in [0.1, 0.15) is 0 Å². The zero-order chi connectivity index (χ0) is 12.1. The molecule has 0 aliphatic rings. The smallest absolute Gasteiger partial charge is 0.251 e. The molecular formula is C11H15FN2O2. The van der Waals surface area contributed by atoms with Crippen LogP contribution in [0.3, 0.4) is 0 Å². The standard InChI is InChI=1S/C11H15FN2O2/c1-7(13)6-14-11(15)8-3-4-10(16-2)9(12)5-8/h3-5,7H,6,13H2,1-2H3,(H,14,15). The highest BCUT2D eigenvalue weighted by Gasteiger charge is 2.09. The lowest BCUT2D eigenvalue weighted by Gasteiger charge is -2.08. The lowest BCUT2D eigenvalue weighted by atomic mass is 10.2. The summed E-state index contributed by atoms with van der Waals surface area (Å²) in [5.41, 5.74) is 5.73. The Balaban J connectivity index is 2.73. The van der Waals surface area contributed by atoms with Crippen LogP contribution in [-0.2, 0) is 0 Å². The molecule has 0 radical (unpaired) electrons. The van der Waals surface area contributed by atoms with Gasteiger partial charge in [-0.25, -0.2) is 4.39 Å². The second-order valence-corrected chi connectivity index (χ2v) is 3.54. The predicted molar refractivity (Wildman–Crippen MR) is 58.9 cm³/mol. The molecule has 0 heterocycles. The van der Waals surface area contributed by atoms with E-state index in [1.165, 1.54) is 19.2 Å². The molecule has 0 aliphatic heterocycles. The quantitative estimate of drug-likeness (QED) is 0.802. The third-order valence-corrected chi connectivity index (χ3v) is 2.00. The number of benzene rings is 1. The average molecular weight is 226 g/mol. The fourth-order valence-corrected chi connectivity index (χ4v) is 1.16. The van der Waals surface area contributed by atoms with Crippen molar-refractivity contribution in [3.8, 4) is 5.75 Å². The summed E-state index contributed by atoms with van der Waals surface area (Å²) < 4.78 is 18.0. The van der Waals surface area contributed by atoms with E-state index in [0.717, 1.165) is 6.07 Å². The summed E-state index contributed by atoms with van der Waals surface area (Å²) in [5.74, 6) is -0.793. The molecule has 0 saturated carbocycles. The number of carbonyl (C=O) groups excluding carboxylic acids is 1. The molecule has 0 bridgehead atoms. The van der Waals surface area contributed by atoms with Gasteiger partial charge in [0, 0.05) is 18.2 Å². The summed E-state index contributed by atoms with van der Waals surface area (Å²) in [6.45, 7) is 2.13. The van der Waals surface area contributed by atoms with Gasteiger partial charge in [0.05, 0.1) is 7.11 Å². The van der Waals surface area contributed by atoms with Crippen molar-refractivity contribution in [1.29, 1.82) is 0 Å². The van der Waals surface area contributed by atoms with Crippen LogP contribution >= 0.6 is 0 Å². The maximum atomic E-state index is 13.3. The molecular weight excluding hydrogens is 211 g/mol. The van der Waals surface area contributed by atoms with Crippen LogP contribution < -0.4 is 15.8 Å². The third-order valence-electron chi connectivity index (χ3n) is 2.00. The highest BCUT2D eigenvalue weighted by molar-refractivity contribution is 5.94. The Labute approximate surface area is 93.6 Å². The van der Waals surface area contributed by atoms with Crippen LogP contribution in [0.15, 0.2) is 18.2 Å². The van der Waals surface area contributed by atoms with Gasteiger partial charge < -0.3 is 15.8 Å². The van der Waals surface area contributed by atoms with Gasteiger partial charge in [-0.05, 0) is 25.1 Å². The Bertz CT molecular complexity index is 380. The van der Waals surface area contributed by atoms with Gasteiger partial charge >= 0.3 is 0 Å². The first kappa shape index (κ1) is 12.4. The van der Waals surface area contributed by atoms with Gasteiger partial charge in [0.25, 0.3) is 5.91 Å². The first-order valence-corrected chi connectivity index (χ1v) is 4.92. The predicted octanol–water partition coefficient (Wildman–Crippen LogP) is 0.911. The van der Waals surface area contributed by atoms with Crippen LogP contribution in [0.25, 0.3) is 0 Å². The number of nitrogens with two attached hydrogens (primary N) is 1. The molecule has 1 aromatic rings. The molecule has 5 heteroatoms. The maximum Gasteiger partial charge on any atom is 0.251 e. The van der Waals surface area contributed by atoms with Crippen molar-refractivity contribution in [3.63, 3.8) is 0 Å². The van der Waals surface area contributed by atoms with Crippen molar-refractivity contribution >= 4 is 5.91 Å². The second kappa shape index (κ2) is 5.46. The minimum atomic E-state index is -0.559. The van der Waals surface area contributed by atoms with E-state index in [9.17, 15) is 9.18 Å². The lowest BCUT2D eigenvalue weighted by molar-refractivity contribution is 0.0951. The Morgan fingerprint density at radius 3 is 2.81 bits per heavy atom. The number of carbonyl (C=O) groups is 1. The van der Waals surface area contributed by atoms with E-state index in [1.807, 2.05) is 0 Å². The Morgan fingerprint density at radius 1 is 1.62 bits per heavy atom. The summed E-state index contributed by atoms with van der Waals surface area (Å²) in [7, 11) is 1.37. The van der Waals surface area contributed by atoms with Crippen LogP contribution in [0.2, 0.25) is 0 Å². The van der Waals surface area contributed by atoms with Crippen molar-refractivity contribution in [1.82, 2.24) is 5.32 Å². The van der Waals surface area contributed by atoms with E-state index in [1.54, 1.807) is 6.92 Å². The topological polar surface area (TPSA) is 64.3 Å². The number of hydrogen-bond donors (Lipinski definition) is 2. The van der Waals surface area contributed by atoms with Crippen LogP contribution in [0.4, 0.5) is 4.39 Å². The summed E-state index contributed by atoms with van der Waals surface area (Å²) in [6.07, 6.45) is 0. The van der Waals surface area contributed by atoms with Crippen molar-refractivity contribution < 1.29 is 13.9 Å². The third kappa shape index (κ3) is 3.20. The fraction of sp³-hybridized carbons (Fsp3) is 0.364. The number of methoxy groups -OCH3 is 1. The number of hydrogen-bond acceptors (Lipinski definition) is 3. The molecule has 1 atom stereocenters. The molecule has 3 N–H and O–H groups in total. The molecule has 0 fully saturated rings. The Kier molecular flexibility index (Phi) is 4.25. The summed E-state index contributed by atoms with van der Waals surface area (Å²) in [4.78, 5) is 11.5. The summed E-state index contributed by atoms with van der Waals surface area (Å²) in [6, 6.07) is 3.91. The highest BCUT2D eigenvalue weighted by atomic mass is 19.1. The maximum absolute atomic E-state index is 13.3. The van der Waals surface area contributed by atoms with Crippen molar-refractivity contribution in [2.24, 2.45) is 5.73 Å². The molecule has 88 valence electrons. The van der Waals surface area contributed by atoms with Crippen LogP contribution in [-0.4, -0.2) is 25.6 Å². The average Bonchev–Trinajstić information content (AvgIpc) is 2.25. The first-order chi connectivity index (χ1) is 7.54. The first-order valence-electron chi connectivity index (χ1n) is 4.92. The molecule has 0 aliphatic carbocycles. The number of rotatable bonds is 4. The molecule has 16 heavy (non-hydrogen) atoms.